The second-order valence-electron chi connectivity index (χ2n) is 3.61. The van der Waals surface area contributed by atoms with Crippen molar-refractivity contribution in [3.05, 3.63) is 21.2 Å². The van der Waals surface area contributed by atoms with E-state index in [0.717, 1.165) is 0 Å². The first kappa shape index (κ1) is 11.2. The van der Waals surface area contributed by atoms with Gasteiger partial charge in [-0.3, -0.25) is 4.79 Å². The van der Waals surface area contributed by atoms with Crippen molar-refractivity contribution in [1.82, 2.24) is 9.97 Å². The standard InChI is InChI=1S/C8H13BrN4O/c1-8(2,3-10)13-6-5(9)7(14)12-4-11-6/h4H,3,10H2,1-2H3,(H2,11,12,13,14). The Morgan fingerprint density at radius 1 is 1.71 bits per heavy atom. The van der Waals surface area contributed by atoms with Crippen LogP contribution in [0.5, 0.6) is 0 Å². The normalized spacial score (nSPS) is 11.4. The van der Waals surface area contributed by atoms with E-state index in [0.29, 0.717) is 16.8 Å². The molecular formula is C8H13BrN4O. The second kappa shape index (κ2) is 4.10. The van der Waals surface area contributed by atoms with Gasteiger partial charge in [0.15, 0.2) is 0 Å². The van der Waals surface area contributed by atoms with Crippen LogP contribution in [0.4, 0.5) is 5.82 Å². The van der Waals surface area contributed by atoms with Gasteiger partial charge in [-0.25, -0.2) is 4.98 Å². The smallest absolute Gasteiger partial charge is 0.267 e. The van der Waals surface area contributed by atoms with Crippen LogP contribution < -0.4 is 16.6 Å². The lowest BCUT2D eigenvalue weighted by Crippen LogP contribution is -2.40. The van der Waals surface area contributed by atoms with Crippen LogP contribution in [0.2, 0.25) is 0 Å². The number of aromatic nitrogens is 2. The summed E-state index contributed by atoms with van der Waals surface area (Å²) in [5, 5.41) is 3.07. The molecule has 14 heavy (non-hydrogen) atoms. The van der Waals surface area contributed by atoms with Crippen LogP contribution in [0.1, 0.15) is 13.8 Å². The van der Waals surface area contributed by atoms with Crippen LogP contribution >= 0.6 is 15.9 Å². The van der Waals surface area contributed by atoms with Crippen LogP contribution in [-0.2, 0) is 0 Å². The summed E-state index contributed by atoms with van der Waals surface area (Å²) in [7, 11) is 0. The molecular weight excluding hydrogens is 248 g/mol. The zero-order valence-electron chi connectivity index (χ0n) is 8.10. The van der Waals surface area contributed by atoms with Gasteiger partial charge in [0.05, 0.1) is 6.33 Å². The maximum atomic E-state index is 11.2. The number of hydrogen-bond acceptors (Lipinski definition) is 4. The number of nitrogens with zero attached hydrogens (tertiary/aromatic N) is 1. The van der Waals surface area contributed by atoms with Gasteiger partial charge in [-0.05, 0) is 29.8 Å². The maximum absolute atomic E-state index is 11.2. The fraction of sp³-hybridized carbons (Fsp3) is 0.500. The van der Waals surface area contributed by atoms with Gasteiger partial charge >= 0.3 is 0 Å². The van der Waals surface area contributed by atoms with Crippen molar-refractivity contribution in [1.29, 1.82) is 0 Å². The van der Waals surface area contributed by atoms with E-state index >= 15 is 0 Å². The Kier molecular flexibility index (Phi) is 3.28. The molecule has 78 valence electrons. The van der Waals surface area contributed by atoms with Crippen LogP contribution in [0.3, 0.4) is 0 Å². The molecule has 0 saturated heterocycles. The minimum atomic E-state index is -0.288. The highest BCUT2D eigenvalue weighted by atomic mass is 79.9. The molecule has 0 radical (unpaired) electrons. The fourth-order valence-electron chi connectivity index (χ4n) is 0.842. The average molecular weight is 261 g/mol. The summed E-state index contributed by atoms with van der Waals surface area (Å²) in [6, 6.07) is 0. The molecule has 6 heteroatoms. The van der Waals surface area contributed by atoms with E-state index in [1.807, 2.05) is 13.8 Å². The topological polar surface area (TPSA) is 83.8 Å². The molecule has 0 aliphatic rings. The molecule has 0 unspecified atom stereocenters. The molecule has 0 aliphatic heterocycles. The zero-order valence-corrected chi connectivity index (χ0v) is 9.68. The van der Waals surface area contributed by atoms with Crippen LogP contribution in [0, 0.1) is 0 Å². The number of anilines is 1. The van der Waals surface area contributed by atoms with Crippen molar-refractivity contribution < 1.29 is 0 Å². The highest BCUT2D eigenvalue weighted by Crippen LogP contribution is 2.17. The van der Waals surface area contributed by atoms with Crippen molar-refractivity contribution in [3.8, 4) is 0 Å². The predicted octanol–water partition coefficient (Wildman–Crippen LogP) is 0.682. The molecule has 0 amide bonds. The van der Waals surface area contributed by atoms with E-state index < -0.39 is 0 Å². The second-order valence-corrected chi connectivity index (χ2v) is 4.40. The van der Waals surface area contributed by atoms with E-state index in [9.17, 15) is 4.79 Å². The molecule has 0 fully saturated rings. The summed E-state index contributed by atoms with van der Waals surface area (Å²) >= 11 is 3.15. The van der Waals surface area contributed by atoms with Gasteiger partial charge in [-0.2, -0.15) is 0 Å². The highest BCUT2D eigenvalue weighted by molar-refractivity contribution is 9.10. The first-order chi connectivity index (χ1) is 6.46. The number of rotatable bonds is 3. The van der Waals surface area contributed by atoms with Crippen LogP contribution in [0.25, 0.3) is 0 Å². The lowest BCUT2D eigenvalue weighted by molar-refractivity contribution is 0.576. The Morgan fingerprint density at radius 2 is 2.36 bits per heavy atom. The van der Waals surface area contributed by atoms with E-state index in [4.69, 9.17) is 5.73 Å². The quantitative estimate of drug-likeness (QED) is 0.747. The van der Waals surface area contributed by atoms with Crippen LogP contribution in [-0.4, -0.2) is 22.1 Å². The molecule has 0 aromatic carbocycles. The fourth-order valence-corrected chi connectivity index (χ4v) is 1.16. The number of hydrogen-bond donors (Lipinski definition) is 3. The summed E-state index contributed by atoms with van der Waals surface area (Å²) in [4.78, 5) is 17.7. The third-order valence-electron chi connectivity index (χ3n) is 1.76. The Balaban J connectivity index is 2.98. The molecule has 5 nitrogen and oxygen atoms in total. The molecule has 0 bridgehead atoms. The molecule has 0 saturated carbocycles. The largest absolute Gasteiger partial charge is 0.363 e. The lowest BCUT2D eigenvalue weighted by atomic mass is 10.1. The number of H-pyrrole nitrogens is 1. The van der Waals surface area contributed by atoms with Gasteiger partial charge in [0.1, 0.15) is 10.3 Å². The monoisotopic (exact) mass is 260 g/mol. The van der Waals surface area contributed by atoms with Gasteiger partial charge in [-0.1, -0.05) is 0 Å². The molecule has 0 spiro atoms. The van der Waals surface area contributed by atoms with E-state index in [-0.39, 0.29) is 11.1 Å². The number of aromatic amines is 1. The van der Waals surface area contributed by atoms with Gasteiger partial charge in [0.25, 0.3) is 5.56 Å². The Bertz CT molecular complexity index is 374. The van der Waals surface area contributed by atoms with Gasteiger partial charge in [0, 0.05) is 12.1 Å². The number of nitrogens with one attached hydrogen (secondary N) is 2. The zero-order chi connectivity index (χ0) is 10.8. The number of halogens is 1. The maximum Gasteiger partial charge on any atom is 0.267 e. The third kappa shape index (κ3) is 2.55. The summed E-state index contributed by atoms with van der Waals surface area (Å²) < 4.78 is 0.390. The first-order valence-corrected chi connectivity index (χ1v) is 4.97. The van der Waals surface area contributed by atoms with Crippen LogP contribution in [0.15, 0.2) is 15.6 Å². The Hall–Kier alpha value is -0.880. The highest BCUT2D eigenvalue weighted by Gasteiger charge is 2.17. The Labute approximate surface area is 90.2 Å². The van der Waals surface area contributed by atoms with Gasteiger partial charge < -0.3 is 16.0 Å². The first-order valence-electron chi connectivity index (χ1n) is 4.18. The van der Waals surface area contributed by atoms with E-state index in [1.54, 1.807) is 0 Å². The van der Waals surface area contributed by atoms with Gasteiger partial charge in [0.2, 0.25) is 0 Å². The van der Waals surface area contributed by atoms with Crippen molar-refractivity contribution in [3.63, 3.8) is 0 Å². The molecule has 1 heterocycles. The summed E-state index contributed by atoms with van der Waals surface area (Å²) in [6.07, 6.45) is 1.35. The van der Waals surface area contributed by atoms with Crippen molar-refractivity contribution >= 4 is 21.7 Å². The molecule has 1 rings (SSSR count). The van der Waals surface area contributed by atoms with Crippen molar-refractivity contribution in [2.45, 2.75) is 19.4 Å². The average Bonchev–Trinajstić information content (AvgIpc) is 2.13. The predicted molar refractivity (Wildman–Crippen MR) is 59.3 cm³/mol. The van der Waals surface area contributed by atoms with E-state index in [2.05, 4.69) is 31.2 Å². The molecule has 1 aromatic rings. The SMILES string of the molecule is CC(C)(CN)Nc1nc[nH]c(=O)c1Br. The van der Waals surface area contributed by atoms with Gasteiger partial charge in [-0.15, -0.1) is 0 Å². The summed E-state index contributed by atoms with van der Waals surface area (Å²) in [6.45, 7) is 4.32. The molecule has 0 atom stereocenters. The third-order valence-corrected chi connectivity index (χ3v) is 2.50. The lowest BCUT2D eigenvalue weighted by Gasteiger charge is -2.25. The Morgan fingerprint density at radius 3 is 2.93 bits per heavy atom. The summed E-state index contributed by atoms with van der Waals surface area (Å²) in [5.41, 5.74) is 5.05. The van der Waals surface area contributed by atoms with E-state index in [1.165, 1.54) is 6.33 Å². The van der Waals surface area contributed by atoms with Crippen molar-refractivity contribution in [2.75, 3.05) is 11.9 Å². The molecule has 4 N–H and O–H groups in total. The molecule has 0 aliphatic carbocycles. The minimum Gasteiger partial charge on any atom is -0.363 e. The van der Waals surface area contributed by atoms with Crippen molar-refractivity contribution in [2.24, 2.45) is 5.73 Å². The molecule has 1 aromatic heterocycles. The number of nitrogens with two attached hydrogens (primary N) is 1. The summed E-state index contributed by atoms with van der Waals surface area (Å²) in [5.74, 6) is 0.504. The minimum absolute atomic E-state index is 0.213.